The number of aliphatic hydroxyl groups is 4. The molecule has 1 aliphatic heterocycles. The minimum absolute atomic E-state index is 0.291. The zero-order valence-corrected chi connectivity index (χ0v) is 14.6. The fourth-order valence-electron chi connectivity index (χ4n) is 3.25. The van der Waals surface area contributed by atoms with Gasteiger partial charge < -0.3 is 39.3 Å². The van der Waals surface area contributed by atoms with E-state index in [0.29, 0.717) is 28.0 Å². The molecule has 1 saturated heterocycles. The molecule has 4 rings (SSSR count). The lowest BCUT2D eigenvalue weighted by Crippen LogP contribution is -2.61. The second kappa shape index (κ2) is 7.38. The summed E-state index contributed by atoms with van der Waals surface area (Å²) in [5.74, 6) is 0.399. The van der Waals surface area contributed by atoms with E-state index in [4.69, 9.17) is 18.7 Å². The van der Waals surface area contributed by atoms with Crippen molar-refractivity contribution < 1.29 is 34.0 Å². The van der Waals surface area contributed by atoms with Crippen LogP contribution in [0.5, 0.6) is 0 Å². The summed E-state index contributed by atoms with van der Waals surface area (Å²) in [6, 6.07) is 8.82. The van der Waals surface area contributed by atoms with E-state index in [1.54, 1.807) is 30.3 Å². The molecule has 0 saturated carbocycles. The summed E-state index contributed by atoms with van der Waals surface area (Å²) in [7, 11) is 0. The molecule has 28 heavy (non-hydrogen) atoms. The van der Waals surface area contributed by atoms with Gasteiger partial charge in [0.05, 0.1) is 12.9 Å². The fraction of sp³-hybridized carbons (Fsp3) is 0.316. The normalized spacial score (nSPS) is 27.8. The van der Waals surface area contributed by atoms with Crippen LogP contribution in [-0.2, 0) is 4.74 Å². The third kappa shape index (κ3) is 3.30. The zero-order valence-electron chi connectivity index (χ0n) is 14.6. The number of nitrogens with one attached hydrogen (secondary N) is 1. The number of aliphatic hydroxyl groups excluding tert-OH is 4. The number of furan rings is 1. The maximum Gasteiger partial charge on any atom is 0.347 e. The Kier molecular flexibility index (Phi) is 4.92. The van der Waals surface area contributed by atoms with Crippen LogP contribution in [0, 0.1) is 0 Å². The van der Waals surface area contributed by atoms with Crippen LogP contribution < -0.4 is 10.9 Å². The molecular weight excluding hydrogens is 370 g/mol. The summed E-state index contributed by atoms with van der Waals surface area (Å²) in [5, 5.41) is 42.9. The molecule has 9 heteroatoms. The van der Waals surface area contributed by atoms with Gasteiger partial charge in [0.1, 0.15) is 41.3 Å². The second-order valence-electron chi connectivity index (χ2n) is 6.58. The van der Waals surface area contributed by atoms with E-state index in [2.05, 4.69) is 5.32 Å². The Morgan fingerprint density at radius 2 is 1.89 bits per heavy atom. The Morgan fingerprint density at radius 3 is 2.61 bits per heavy atom. The van der Waals surface area contributed by atoms with Crippen molar-refractivity contribution in [2.75, 3.05) is 11.9 Å². The Hall–Kier alpha value is -2.69. The largest absolute Gasteiger partial charge is 0.464 e. The van der Waals surface area contributed by atoms with Gasteiger partial charge in [-0.2, -0.15) is 0 Å². The van der Waals surface area contributed by atoms with Crippen LogP contribution in [0.4, 0.5) is 5.69 Å². The number of benzene rings is 1. The van der Waals surface area contributed by atoms with Crippen LogP contribution in [0.2, 0.25) is 0 Å². The molecule has 9 nitrogen and oxygen atoms in total. The summed E-state index contributed by atoms with van der Waals surface area (Å²) in [5.41, 5.74) is 0.451. The summed E-state index contributed by atoms with van der Waals surface area (Å²) in [4.78, 5) is 12.2. The Labute approximate surface area is 158 Å². The Morgan fingerprint density at radius 1 is 1.07 bits per heavy atom. The minimum atomic E-state index is -1.46. The van der Waals surface area contributed by atoms with Crippen LogP contribution in [0.15, 0.2) is 56.3 Å². The summed E-state index contributed by atoms with van der Waals surface area (Å²) < 4.78 is 15.7. The predicted molar refractivity (Wildman–Crippen MR) is 97.6 cm³/mol. The highest BCUT2D eigenvalue weighted by molar-refractivity contribution is 5.83. The van der Waals surface area contributed by atoms with Gasteiger partial charge in [-0.05, 0) is 30.3 Å². The first-order valence-electron chi connectivity index (χ1n) is 8.67. The summed E-state index contributed by atoms with van der Waals surface area (Å²) >= 11 is 0. The highest BCUT2D eigenvalue weighted by Gasteiger charge is 2.43. The number of anilines is 1. The van der Waals surface area contributed by atoms with Crippen LogP contribution >= 0.6 is 0 Å². The van der Waals surface area contributed by atoms with E-state index in [1.165, 1.54) is 12.3 Å². The van der Waals surface area contributed by atoms with E-state index >= 15 is 0 Å². The zero-order chi connectivity index (χ0) is 19.8. The molecule has 1 aromatic carbocycles. The van der Waals surface area contributed by atoms with Crippen LogP contribution in [0.3, 0.4) is 0 Å². The Bertz CT molecular complexity index is 1010. The van der Waals surface area contributed by atoms with Gasteiger partial charge in [0.2, 0.25) is 0 Å². The molecule has 0 aliphatic carbocycles. The number of hydrogen-bond acceptors (Lipinski definition) is 9. The van der Waals surface area contributed by atoms with E-state index in [-0.39, 0.29) is 0 Å². The molecule has 1 aliphatic rings. The molecular formula is C19H19NO8. The van der Waals surface area contributed by atoms with Gasteiger partial charge in [-0.25, -0.2) is 4.79 Å². The van der Waals surface area contributed by atoms with Gasteiger partial charge in [-0.1, -0.05) is 0 Å². The molecule has 148 valence electrons. The average Bonchev–Trinajstić information content (AvgIpc) is 3.22. The van der Waals surface area contributed by atoms with Crippen molar-refractivity contribution in [2.24, 2.45) is 0 Å². The molecule has 0 bridgehead atoms. The second-order valence-corrected chi connectivity index (χ2v) is 6.58. The van der Waals surface area contributed by atoms with Crippen molar-refractivity contribution in [2.45, 2.75) is 30.6 Å². The van der Waals surface area contributed by atoms with Crippen molar-refractivity contribution >= 4 is 16.7 Å². The first-order valence-corrected chi connectivity index (χ1v) is 8.67. The first kappa shape index (κ1) is 18.7. The van der Waals surface area contributed by atoms with Crippen molar-refractivity contribution in [1.82, 2.24) is 0 Å². The number of hydrogen-bond donors (Lipinski definition) is 5. The first-order chi connectivity index (χ1) is 13.5. The maximum atomic E-state index is 12.2. The van der Waals surface area contributed by atoms with E-state index in [0.717, 1.165) is 0 Å². The smallest absolute Gasteiger partial charge is 0.347 e. The lowest BCUT2D eigenvalue weighted by Gasteiger charge is -2.40. The van der Waals surface area contributed by atoms with E-state index in [9.17, 15) is 20.1 Å². The highest BCUT2D eigenvalue weighted by Crippen LogP contribution is 2.27. The lowest BCUT2D eigenvalue weighted by molar-refractivity contribution is -0.245. The van der Waals surface area contributed by atoms with Gasteiger partial charge in [0.25, 0.3) is 0 Å². The van der Waals surface area contributed by atoms with Gasteiger partial charge >= 0.3 is 5.63 Å². The molecule has 5 atom stereocenters. The van der Waals surface area contributed by atoms with Crippen LogP contribution in [0.25, 0.3) is 22.3 Å². The number of rotatable bonds is 4. The summed E-state index contributed by atoms with van der Waals surface area (Å²) in [6.07, 6.45) is -3.84. The molecule has 0 spiro atoms. The summed E-state index contributed by atoms with van der Waals surface area (Å²) in [6.45, 7) is -0.541. The van der Waals surface area contributed by atoms with Crippen molar-refractivity contribution in [1.29, 1.82) is 0 Å². The molecule has 1 fully saturated rings. The Balaban J connectivity index is 1.62. The van der Waals surface area contributed by atoms with E-state index in [1.807, 2.05) is 0 Å². The molecule has 5 N–H and O–H groups in total. The molecule has 3 heterocycles. The standard InChI is InChI=1S/C19H19NO8/c21-8-14-16(22)17(23)15(19(25)28-14)20-10-4-3-9-6-11(12-2-1-5-26-12)18(24)27-13(9)7-10/h1-7,14-17,19-23,25H,8H2/t14?,15-,16+,17?,19?/m0/s1. The molecule has 3 unspecified atom stereocenters. The SMILES string of the molecule is O=c1oc2cc(N[C@@H]3C(O)OC(CO)[C@@H](O)C3O)ccc2cc1-c1ccco1. The lowest BCUT2D eigenvalue weighted by atomic mass is 9.97. The molecule has 0 radical (unpaired) electrons. The third-order valence-electron chi connectivity index (χ3n) is 4.76. The van der Waals surface area contributed by atoms with Crippen molar-refractivity contribution in [3.8, 4) is 11.3 Å². The predicted octanol–water partition coefficient (Wildman–Crippen LogP) is 0.265. The quantitative estimate of drug-likeness (QED) is 0.397. The van der Waals surface area contributed by atoms with Crippen LogP contribution in [0.1, 0.15) is 0 Å². The molecule has 3 aromatic rings. The van der Waals surface area contributed by atoms with Gasteiger partial charge in [-0.3, -0.25) is 0 Å². The van der Waals surface area contributed by atoms with Crippen molar-refractivity contribution in [3.05, 3.63) is 53.1 Å². The van der Waals surface area contributed by atoms with Crippen molar-refractivity contribution in [3.63, 3.8) is 0 Å². The third-order valence-corrected chi connectivity index (χ3v) is 4.76. The fourth-order valence-corrected chi connectivity index (χ4v) is 3.25. The minimum Gasteiger partial charge on any atom is -0.464 e. The van der Waals surface area contributed by atoms with Gasteiger partial charge in [-0.15, -0.1) is 0 Å². The number of fused-ring (bicyclic) bond motifs is 1. The molecule has 0 amide bonds. The monoisotopic (exact) mass is 389 g/mol. The maximum absolute atomic E-state index is 12.2. The molecule has 2 aromatic heterocycles. The van der Waals surface area contributed by atoms with Crippen LogP contribution in [-0.4, -0.2) is 57.7 Å². The average molecular weight is 389 g/mol. The number of ether oxygens (including phenoxy) is 1. The van der Waals surface area contributed by atoms with Gasteiger partial charge in [0.15, 0.2) is 6.29 Å². The highest BCUT2D eigenvalue weighted by atomic mass is 16.6. The van der Waals surface area contributed by atoms with E-state index < -0.39 is 42.9 Å². The van der Waals surface area contributed by atoms with Gasteiger partial charge in [0, 0.05) is 17.1 Å². The topological polar surface area (TPSA) is 146 Å².